The van der Waals surface area contributed by atoms with Crippen molar-refractivity contribution in [2.45, 2.75) is 26.8 Å². The average molecular weight is 280 g/mol. The second kappa shape index (κ2) is 7.20. The monoisotopic (exact) mass is 280 g/mol. The van der Waals surface area contributed by atoms with Gasteiger partial charge < -0.3 is 15.7 Å². The van der Waals surface area contributed by atoms with Crippen LogP contribution in [0.4, 0.5) is 4.79 Å². The first kappa shape index (κ1) is 16.7. The van der Waals surface area contributed by atoms with Gasteiger partial charge in [0.1, 0.15) is 6.04 Å². The van der Waals surface area contributed by atoms with Crippen LogP contribution in [0.2, 0.25) is 0 Å². The normalized spacial score (nSPS) is 13.1. The molecule has 7 nitrogen and oxygen atoms in total. The number of carboxylic acids is 1. The minimum atomic E-state index is -3.14. The van der Waals surface area contributed by atoms with Crippen LogP contribution in [-0.4, -0.2) is 49.6 Å². The second-order valence-electron chi connectivity index (χ2n) is 4.20. The number of hydrogen-bond acceptors (Lipinski definition) is 4. The molecule has 0 aliphatic rings. The van der Waals surface area contributed by atoms with Crippen LogP contribution in [0.15, 0.2) is 0 Å². The van der Waals surface area contributed by atoms with Gasteiger partial charge in [-0.05, 0) is 5.92 Å². The maximum absolute atomic E-state index is 11.4. The summed E-state index contributed by atoms with van der Waals surface area (Å²) in [4.78, 5) is 22.2. The van der Waals surface area contributed by atoms with Gasteiger partial charge in [-0.25, -0.2) is 18.0 Å². The zero-order valence-corrected chi connectivity index (χ0v) is 11.6. The van der Waals surface area contributed by atoms with Crippen molar-refractivity contribution in [1.29, 1.82) is 0 Å². The highest BCUT2D eigenvalue weighted by atomic mass is 32.2. The van der Waals surface area contributed by atoms with E-state index in [1.54, 1.807) is 13.8 Å². The molecule has 8 heteroatoms. The molecule has 3 N–H and O–H groups in total. The van der Waals surface area contributed by atoms with Gasteiger partial charge in [-0.2, -0.15) is 0 Å². The fraction of sp³-hybridized carbons (Fsp3) is 0.800. The lowest BCUT2D eigenvalue weighted by Gasteiger charge is -2.18. The molecule has 0 bridgehead atoms. The van der Waals surface area contributed by atoms with E-state index in [-0.39, 0.29) is 24.0 Å². The molecule has 1 atom stereocenters. The van der Waals surface area contributed by atoms with Crippen LogP contribution in [0.3, 0.4) is 0 Å². The van der Waals surface area contributed by atoms with Crippen LogP contribution >= 0.6 is 0 Å². The summed E-state index contributed by atoms with van der Waals surface area (Å²) >= 11 is 0. The minimum Gasteiger partial charge on any atom is -0.480 e. The maximum Gasteiger partial charge on any atom is 0.326 e. The van der Waals surface area contributed by atoms with Crippen LogP contribution < -0.4 is 10.6 Å². The number of aliphatic carboxylic acids is 1. The van der Waals surface area contributed by atoms with Gasteiger partial charge in [0.2, 0.25) is 0 Å². The second-order valence-corrected chi connectivity index (χ2v) is 6.67. The fourth-order valence-corrected chi connectivity index (χ4v) is 1.87. The Morgan fingerprint density at radius 2 is 1.83 bits per heavy atom. The van der Waals surface area contributed by atoms with Crippen LogP contribution in [-0.2, 0) is 14.6 Å². The van der Waals surface area contributed by atoms with Crippen LogP contribution in [0.1, 0.15) is 20.8 Å². The summed E-state index contributed by atoms with van der Waals surface area (Å²) in [6, 6.07) is -1.67. The summed E-state index contributed by atoms with van der Waals surface area (Å²) in [6.45, 7) is 4.82. The first-order valence-corrected chi connectivity index (χ1v) is 7.49. The summed E-state index contributed by atoms with van der Waals surface area (Å²) in [7, 11) is -3.14. The molecule has 0 rings (SSSR count). The molecule has 0 saturated carbocycles. The van der Waals surface area contributed by atoms with Gasteiger partial charge in [-0.3, -0.25) is 0 Å². The average Bonchev–Trinajstić information content (AvgIpc) is 2.24. The molecule has 0 fully saturated rings. The molecule has 2 amide bonds. The highest BCUT2D eigenvalue weighted by Crippen LogP contribution is 2.01. The standard InChI is InChI=1S/C10H20N2O5S/c1-4-18(16,17)6-5-11-10(15)12-8(7(2)3)9(13)14/h7-8H,4-6H2,1-3H3,(H,13,14)(H2,11,12,15)/t8-/m1/s1. The molecular weight excluding hydrogens is 260 g/mol. The van der Waals surface area contributed by atoms with E-state index >= 15 is 0 Å². The molecule has 0 heterocycles. The summed E-state index contributed by atoms with van der Waals surface area (Å²) < 4.78 is 22.3. The number of sulfone groups is 1. The Labute approximate surface area is 107 Å². The third-order valence-electron chi connectivity index (χ3n) is 2.36. The van der Waals surface area contributed by atoms with Gasteiger partial charge in [0, 0.05) is 12.3 Å². The fourth-order valence-electron chi connectivity index (χ4n) is 1.17. The number of rotatable bonds is 7. The van der Waals surface area contributed by atoms with Crippen molar-refractivity contribution in [2.24, 2.45) is 5.92 Å². The molecule has 0 spiro atoms. The third kappa shape index (κ3) is 6.43. The van der Waals surface area contributed by atoms with E-state index in [1.807, 2.05) is 0 Å². The van der Waals surface area contributed by atoms with E-state index in [0.29, 0.717) is 0 Å². The number of carboxylic acid groups (broad SMARTS) is 1. The van der Waals surface area contributed by atoms with Crippen molar-refractivity contribution in [2.75, 3.05) is 18.1 Å². The van der Waals surface area contributed by atoms with E-state index in [0.717, 1.165) is 0 Å². The van der Waals surface area contributed by atoms with Gasteiger partial charge in [0.25, 0.3) is 0 Å². The molecule has 0 aromatic rings. The summed E-state index contributed by atoms with van der Waals surface area (Å²) in [5.41, 5.74) is 0. The summed E-state index contributed by atoms with van der Waals surface area (Å²) in [6.07, 6.45) is 0. The van der Waals surface area contributed by atoms with Gasteiger partial charge in [-0.15, -0.1) is 0 Å². The number of nitrogens with one attached hydrogen (secondary N) is 2. The molecular formula is C10H20N2O5S. The van der Waals surface area contributed by atoms with E-state index in [4.69, 9.17) is 5.11 Å². The van der Waals surface area contributed by atoms with E-state index in [1.165, 1.54) is 6.92 Å². The Hall–Kier alpha value is -1.31. The van der Waals surface area contributed by atoms with Gasteiger partial charge in [-0.1, -0.05) is 20.8 Å². The van der Waals surface area contributed by atoms with Crippen molar-refractivity contribution in [1.82, 2.24) is 10.6 Å². The van der Waals surface area contributed by atoms with Crippen LogP contribution in [0, 0.1) is 5.92 Å². The Bertz CT molecular complexity index is 391. The van der Waals surface area contributed by atoms with Crippen LogP contribution in [0.5, 0.6) is 0 Å². The maximum atomic E-state index is 11.4. The number of urea groups is 1. The van der Waals surface area contributed by atoms with E-state index < -0.39 is 27.9 Å². The molecule has 0 saturated heterocycles. The van der Waals surface area contributed by atoms with Crippen molar-refractivity contribution in [3.05, 3.63) is 0 Å². The lowest BCUT2D eigenvalue weighted by Crippen LogP contribution is -2.49. The first-order chi connectivity index (χ1) is 8.19. The lowest BCUT2D eigenvalue weighted by atomic mass is 10.1. The molecule has 0 radical (unpaired) electrons. The van der Waals surface area contributed by atoms with Crippen molar-refractivity contribution < 1.29 is 23.1 Å². The molecule has 0 unspecified atom stereocenters. The highest BCUT2D eigenvalue weighted by molar-refractivity contribution is 7.91. The largest absolute Gasteiger partial charge is 0.480 e. The Kier molecular flexibility index (Phi) is 6.67. The number of hydrogen-bond donors (Lipinski definition) is 3. The zero-order chi connectivity index (χ0) is 14.3. The number of amides is 2. The van der Waals surface area contributed by atoms with Gasteiger partial charge in [0.15, 0.2) is 9.84 Å². The van der Waals surface area contributed by atoms with Gasteiger partial charge in [0.05, 0.1) is 5.75 Å². The third-order valence-corrected chi connectivity index (χ3v) is 4.06. The molecule has 0 aliphatic heterocycles. The predicted molar refractivity (Wildman–Crippen MR) is 67.1 cm³/mol. The predicted octanol–water partition coefficient (Wildman–Crippen LogP) is -0.170. The molecule has 0 aromatic carbocycles. The topological polar surface area (TPSA) is 113 Å². The lowest BCUT2D eigenvalue weighted by molar-refractivity contribution is -0.140. The SMILES string of the molecule is CCS(=O)(=O)CCNC(=O)N[C@@H](C(=O)O)C(C)C. The quantitative estimate of drug-likeness (QED) is 0.599. The molecule has 106 valence electrons. The smallest absolute Gasteiger partial charge is 0.326 e. The Morgan fingerprint density at radius 1 is 1.28 bits per heavy atom. The van der Waals surface area contributed by atoms with E-state index in [9.17, 15) is 18.0 Å². The van der Waals surface area contributed by atoms with Crippen LogP contribution in [0.25, 0.3) is 0 Å². The highest BCUT2D eigenvalue weighted by Gasteiger charge is 2.23. The Morgan fingerprint density at radius 3 is 2.22 bits per heavy atom. The molecule has 0 aliphatic carbocycles. The molecule has 0 aromatic heterocycles. The van der Waals surface area contributed by atoms with E-state index in [2.05, 4.69) is 10.6 Å². The van der Waals surface area contributed by atoms with Gasteiger partial charge >= 0.3 is 12.0 Å². The number of carbonyl (C=O) groups is 2. The zero-order valence-electron chi connectivity index (χ0n) is 10.8. The van der Waals surface area contributed by atoms with Crippen molar-refractivity contribution in [3.8, 4) is 0 Å². The number of carbonyl (C=O) groups excluding carboxylic acids is 1. The minimum absolute atomic E-state index is 0.0139. The first-order valence-electron chi connectivity index (χ1n) is 5.67. The summed E-state index contributed by atoms with van der Waals surface area (Å²) in [5.74, 6) is -1.52. The molecule has 18 heavy (non-hydrogen) atoms. The Balaban J connectivity index is 4.16. The van der Waals surface area contributed by atoms with Crippen molar-refractivity contribution in [3.63, 3.8) is 0 Å². The summed E-state index contributed by atoms with van der Waals surface area (Å²) in [5, 5.41) is 13.4. The van der Waals surface area contributed by atoms with Crippen molar-refractivity contribution >= 4 is 21.8 Å².